The second kappa shape index (κ2) is 8.65. The third kappa shape index (κ3) is 3.98. The summed E-state index contributed by atoms with van der Waals surface area (Å²) in [6.07, 6.45) is 4.95. The molecule has 4 unspecified atom stereocenters. The summed E-state index contributed by atoms with van der Waals surface area (Å²) in [5.74, 6) is -1.66. The smallest absolute Gasteiger partial charge is 0.312 e. The summed E-state index contributed by atoms with van der Waals surface area (Å²) in [6.45, 7) is 5.68. The first-order chi connectivity index (χ1) is 14.9. The summed E-state index contributed by atoms with van der Waals surface area (Å²) < 4.78 is 16.8. The van der Waals surface area contributed by atoms with E-state index in [4.69, 9.17) is 13.9 Å². The normalized spacial score (nSPS) is 28.2. The summed E-state index contributed by atoms with van der Waals surface area (Å²) in [7, 11) is 0. The average Bonchev–Trinajstić information content (AvgIpc) is 3.11. The number of fused-ring (bicyclic) bond motifs is 3. The Morgan fingerprint density at radius 3 is 2.58 bits per heavy atom. The zero-order valence-electron chi connectivity index (χ0n) is 18.6. The lowest BCUT2D eigenvalue weighted by molar-refractivity contribution is -0.169. The number of esters is 2. The van der Waals surface area contributed by atoms with Crippen LogP contribution < -0.4 is 0 Å². The van der Waals surface area contributed by atoms with Gasteiger partial charge in [0, 0.05) is 23.3 Å². The lowest BCUT2D eigenvalue weighted by Crippen LogP contribution is -2.51. The number of benzene rings is 1. The van der Waals surface area contributed by atoms with E-state index >= 15 is 0 Å². The van der Waals surface area contributed by atoms with Crippen molar-refractivity contribution >= 4 is 22.9 Å². The van der Waals surface area contributed by atoms with Gasteiger partial charge in [0.05, 0.1) is 30.7 Å². The SMILES string of the molecule is CCOC(=O)C1CCC(C)(O)C(C(=O)OCC)C1c1ccc2oc3c(c2c1)CCCC3. The zero-order valence-corrected chi connectivity index (χ0v) is 18.6. The molecule has 0 bridgehead atoms. The van der Waals surface area contributed by atoms with Crippen LogP contribution in [0.15, 0.2) is 22.6 Å². The molecule has 6 nitrogen and oxygen atoms in total. The summed E-state index contributed by atoms with van der Waals surface area (Å²) in [5.41, 5.74) is 1.63. The molecule has 0 amide bonds. The maximum absolute atomic E-state index is 13.0. The van der Waals surface area contributed by atoms with Crippen LogP contribution in [0.2, 0.25) is 0 Å². The number of aryl methyl sites for hydroxylation is 2. The van der Waals surface area contributed by atoms with Crippen LogP contribution in [0, 0.1) is 11.8 Å². The van der Waals surface area contributed by atoms with E-state index in [0.717, 1.165) is 48.0 Å². The fourth-order valence-electron chi connectivity index (χ4n) is 5.46. The molecule has 6 heteroatoms. The van der Waals surface area contributed by atoms with Crippen molar-refractivity contribution in [3.63, 3.8) is 0 Å². The van der Waals surface area contributed by atoms with Crippen LogP contribution in [0.4, 0.5) is 0 Å². The average molecular weight is 429 g/mol. The predicted molar refractivity (Wildman–Crippen MR) is 116 cm³/mol. The van der Waals surface area contributed by atoms with E-state index in [1.165, 1.54) is 5.56 Å². The fourth-order valence-corrected chi connectivity index (χ4v) is 5.46. The highest BCUT2D eigenvalue weighted by Crippen LogP contribution is 2.49. The van der Waals surface area contributed by atoms with Gasteiger partial charge in [0.25, 0.3) is 0 Å². The quantitative estimate of drug-likeness (QED) is 0.715. The molecule has 2 aliphatic carbocycles. The van der Waals surface area contributed by atoms with Gasteiger partial charge in [-0.15, -0.1) is 0 Å². The number of hydrogen-bond acceptors (Lipinski definition) is 6. The van der Waals surface area contributed by atoms with Crippen molar-refractivity contribution < 1.29 is 28.6 Å². The molecular formula is C25H32O6. The van der Waals surface area contributed by atoms with Crippen molar-refractivity contribution in [3.05, 3.63) is 35.1 Å². The first kappa shape index (κ1) is 21.9. The van der Waals surface area contributed by atoms with Gasteiger partial charge in [0.1, 0.15) is 11.3 Å². The van der Waals surface area contributed by atoms with Crippen LogP contribution in [0.1, 0.15) is 69.3 Å². The van der Waals surface area contributed by atoms with Gasteiger partial charge in [-0.25, -0.2) is 0 Å². The summed E-state index contributed by atoms with van der Waals surface area (Å²) in [6, 6.07) is 5.89. The van der Waals surface area contributed by atoms with Gasteiger partial charge in [-0.05, 0) is 70.6 Å². The number of carbonyl (C=O) groups excluding carboxylic acids is 2. The van der Waals surface area contributed by atoms with Crippen molar-refractivity contribution in [1.29, 1.82) is 0 Å². The minimum absolute atomic E-state index is 0.219. The van der Waals surface area contributed by atoms with Crippen LogP contribution in [-0.2, 0) is 31.9 Å². The second-order valence-corrected chi connectivity index (χ2v) is 8.98. The Morgan fingerprint density at radius 2 is 1.84 bits per heavy atom. The summed E-state index contributed by atoms with van der Waals surface area (Å²) in [5, 5.41) is 12.2. The van der Waals surface area contributed by atoms with E-state index in [1.54, 1.807) is 20.8 Å². The van der Waals surface area contributed by atoms with Gasteiger partial charge in [0.15, 0.2) is 0 Å². The Bertz CT molecular complexity index is 972. The molecule has 0 saturated heterocycles. The molecule has 0 spiro atoms. The molecule has 4 rings (SSSR count). The van der Waals surface area contributed by atoms with Crippen molar-refractivity contribution in [3.8, 4) is 0 Å². The number of aliphatic hydroxyl groups is 1. The van der Waals surface area contributed by atoms with Crippen molar-refractivity contribution in [2.24, 2.45) is 11.8 Å². The minimum atomic E-state index is -1.27. The molecule has 4 atom stereocenters. The highest BCUT2D eigenvalue weighted by molar-refractivity contribution is 5.85. The first-order valence-electron chi connectivity index (χ1n) is 11.5. The maximum atomic E-state index is 13.0. The summed E-state index contributed by atoms with van der Waals surface area (Å²) in [4.78, 5) is 25.9. The molecule has 1 fully saturated rings. The monoisotopic (exact) mass is 428 g/mol. The fraction of sp³-hybridized carbons (Fsp3) is 0.600. The zero-order chi connectivity index (χ0) is 22.2. The van der Waals surface area contributed by atoms with Crippen LogP contribution in [-0.4, -0.2) is 35.9 Å². The molecular weight excluding hydrogens is 396 g/mol. The van der Waals surface area contributed by atoms with Gasteiger partial charge >= 0.3 is 11.9 Å². The van der Waals surface area contributed by atoms with E-state index in [0.29, 0.717) is 12.8 Å². The lowest BCUT2D eigenvalue weighted by atomic mass is 9.62. The van der Waals surface area contributed by atoms with E-state index in [-0.39, 0.29) is 19.2 Å². The van der Waals surface area contributed by atoms with Crippen LogP contribution in [0.5, 0.6) is 0 Å². The van der Waals surface area contributed by atoms with Crippen molar-refractivity contribution in [2.75, 3.05) is 13.2 Å². The Morgan fingerprint density at radius 1 is 1.13 bits per heavy atom. The maximum Gasteiger partial charge on any atom is 0.312 e. The standard InChI is InChI=1S/C25H32O6/c1-4-29-23(26)17-12-13-25(3,28)22(24(27)30-5-2)21(17)15-10-11-20-18(14-15)16-8-6-7-9-19(16)31-20/h10-11,14,17,21-22,28H,4-9,12-13H2,1-3H3. The van der Waals surface area contributed by atoms with Gasteiger partial charge in [0.2, 0.25) is 0 Å². The number of rotatable bonds is 5. The lowest BCUT2D eigenvalue weighted by Gasteiger charge is -2.44. The van der Waals surface area contributed by atoms with E-state index < -0.39 is 29.3 Å². The molecule has 2 aliphatic rings. The predicted octanol–water partition coefficient (Wildman–Crippen LogP) is 4.30. The third-order valence-corrected chi connectivity index (χ3v) is 6.92. The molecule has 1 N–H and O–H groups in total. The Hall–Kier alpha value is -2.34. The largest absolute Gasteiger partial charge is 0.466 e. The molecule has 1 aromatic heterocycles. The molecule has 168 valence electrons. The van der Waals surface area contributed by atoms with Gasteiger partial charge in [-0.2, -0.15) is 0 Å². The number of hydrogen-bond donors (Lipinski definition) is 1. The third-order valence-electron chi connectivity index (χ3n) is 6.92. The molecule has 1 heterocycles. The molecule has 1 aromatic carbocycles. The summed E-state index contributed by atoms with van der Waals surface area (Å²) >= 11 is 0. The van der Waals surface area contributed by atoms with Crippen LogP contribution in [0.3, 0.4) is 0 Å². The van der Waals surface area contributed by atoms with Crippen molar-refractivity contribution in [1.82, 2.24) is 0 Å². The first-order valence-corrected chi connectivity index (χ1v) is 11.5. The molecule has 31 heavy (non-hydrogen) atoms. The van der Waals surface area contributed by atoms with E-state index in [9.17, 15) is 14.7 Å². The Labute approximate surface area is 182 Å². The van der Waals surface area contributed by atoms with E-state index in [1.807, 2.05) is 18.2 Å². The van der Waals surface area contributed by atoms with Crippen LogP contribution in [0.25, 0.3) is 11.0 Å². The highest BCUT2D eigenvalue weighted by Gasteiger charge is 2.53. The van der Waals surface area contributed by atoms with Gasteiger partial charge < -0.3 is 19.0 Å². The van der Waals surface area contributed by atoms with Gasteiger partial charge in [-0.1, -0.05) is 6.07 Å². The number of carbonyl (C=O) groups is 2. The van der Waals surface area contributed by atoms with Gasteiger partial charge in [-0.3, -0.25) is 9.59 Å². The van der Waals surface area contributed by atoms with Crippen molar-refractivity contribution in [2.45, 2.75) is 70.8 Å². The molecule has 0 aliphatic heterocycles. The van der Waals surface area contributed by atoms with Crippen LogP contribution >= 0.6 is 0 Å². The number of ether oxygens (including phenoxy) is 2. The highest BCUT2D eigenvalue weighted by atomic mass is 16.5. The molecule has 1 saturated carbocycles. The topological polar surface area (TPSA) is 86.0 Å². The second-order valence-electron chi connectivity index (χ2n) is 8.98. The number of furan rings is 1. The minimum Gasteiger partial charge on any atom is -0.466 e. The molecule has 0 radical (unpaired) electrons. The Balaban J connectivity index is 1.83. The van der Waals surface area contributed by atoms with E-state index in [2.05, 4.69) is 0 Å². The Kier molecular flexibility index (Phi) is 6.11. The molecule has 2 aromatic rings.